The average Bonchev–Trinajstić information content (AvgIpc) is 2.23. The van der Waals surface area contributed by atoms with Gasteiger partial charge in [0.1, 0.15) is 0 Å². The first-order valence-corrected chi connectivity index (χ1v) is 5.38. The van der Waals surface area contributed by atoms with Gasteiger partial charge in [0, 0.05) is 5.02 Å². The maximum Gasteiger partial charge on any atom is 0.338 e. The number of esters is 1. The van der Waals surface area contributed by atoms with Crippen molar-refractivity contribution in [2.24, 2.45) is 0 Å². The molecule has 0 heterocycles. The standard InChI is InChI=1S/C12H15ClO2/c1-4-7-15-12(14)10-5-6-11(13)9(3)8(10)2/h5-6H,4,7H2,1-3H3. The lowest BCUT2D eigenvalue weighted by Crippen LogP contribution is -2.08. The summed E-state index contributed by atoms with van der Waals surface area (Å²) in [5.41, 5.74) is 2.43. The summed E-state index contributed by atoms with van der Waals surface area (Å²) < 4.78 is 5.07. The number of benzene rings is 1. The van der Waals surface area contributed by atoms with Crippen LogP contribution in [-0.4, -0.2) is 12.6 Å². The van der Waals surface area contributed by atoms with E-state index in [0.717, 1.165) is 17.5 Å². The molecule has 0 aliphatic carbocycles. The van der Waals surface area contributed by atoms with Crippen LogP contribution in [0, 0.1) is 13.8 Å². The predicted octanol–water partition coefficient (Wildman–Crippen LogP) is 3.52. The molecule has 0 amide bonds. The van der Waals surface area contributed by atoms with E-state index in [9.17, 15) is 4.79 Å². The summed E-state index contributed by atoms with van der Waals surface area (Å²) in [5.74, 6) is -0.269. The highest BCUT2D eigenvalue weighted by Crippen LogP contribution is 2.22. The van der Waals surface area contributed by atoms with E-state index in [0.29, 0.717) is 17.2 Å². The molecule has 15 heavy (non-hydrogen) atoms. The summed E-state index contributed by atoms with van der Waals surface area (Å²) in [5, 5.41) is 0.680. The van der Waals surface area contributed by atoms with Crippen molar-refractivity contribution in [1.29, 1.82) is 0 Å². The Balaban J connectivity index is 2.95. The van der Waals surface area contributed by atoms with Gasteiger partial charge in [-0.05, 0) is 43.5 Å². The first-order valence-electron chi connectivity index (χ1n) is 5.00. The Morgan fingerprint density at radius 3 is 2.60 bits per heavy atom. The normalized spacial score (nSPS) is 10.1. The van der Waals surface area contributed by atoms with Crippen molar-refractivity contribution in [3.63, 3.8) is 0 Å². The predicted molar refractivity (Wildman–Crippen MR) is 61.5 cm³/mol. The quantitative estimate of drug-likeness (QED) is 0.738. The fourth-order valence-electron chi connectivity index (χ4n) is 1.28. The zero-order chi connectivity index (χ0) is 11.4. The third-order valence-electron chi connectivity index (χ3n) is 2.38. The summed E-state index contributed by atoms with van der Waals surface area (Å²) in [4.78, 5) is 11.6. The van der Waals surface area contributed by atoms with Gasteiger partial charge >= 0.3 is 5.97 Å². The molecule has 0 saturated heterocycles. The third-order valence-corrected chi connectivity index (χ3v) is 2.79. The maximum absolute atomic E-state index is 11.6. The van der Waals surface area contributed by atoms with Crippen molar-refractivity contribution < 1.29 is 9.53 Å². The second-order valence-corrected chi connectivity index (χ2v) is 3.89. The second kappa shape index (κ2) is 5.17. The van der Waals surface area contributed by atoms with Gasteiger partial charge in [-0.3, -0.25) is 0 Å². The van der Waals surface area contributed by atoms with E-state index in [1.807, 2.05) is 20.8 Å². The van der Waals surface area contributed by atoms with Crippen molar-refractivity contribution >= 4 is 17.6 Å². The van der Waals surface area contributed by atoms with Crippen LogP contribution in [-0.2, 0) is 4.74 Å². The zero-order valence-electron chi connectivity index (χ0n) is 9.26. The molecule has 0 N–H and O–H groups in total. The van der Waals surface area contributed by atoms with Crippen LogP contribution in [0.5, 0.6) is 0 Å². The minimum atomic E-state index is -0.269. The molecule has 1 aromatic carbocycles. The molecule has 1 aromatic rings. The largest absolute Gasteiger partial charge is 0.462 e. The molecular weight excluding hydrogens is 212 g/mol. The first kappa shape index (κ1) is 12.1. The van der Waals surface area contributed by atoms with Gasteiger partial charge in [0.25, 0.3) is 0 Å². The molecule has 0 fully saturated rings. The van der Waals surface area contributed by atoms with E-state index in [1.54, 1.807) is 12.1 Å². The van der Waals surface area contributed by atoms with E-state index in [2.05, 4.69) is 0 Å². The van der Waals surface area contributed by atoms with Crippen LogP contribution < -0.4 is 0 Å². The lowest BCUT2D eigenvalue weighted by atomic mass is 10.0. The Bertz CT molecular complexity index is 372. The van der Waals surface area contributed by atoms with Gasteiger partial charge in [0.05, 0.1) is 12.2 Å². The fourth-order valence-corrected chi connectivity index (χ4v) is 1.49. The number of carbonyl (C=O) groups excluding carboxylic acids is 1. The van der Waals surface area contributed by atoms with Crippen LogP contribution in [0.2, 0.25) is 5.02 Å². The number of hydrogen-bond acceptors (Lipinski definition) is 2. The molecule has 2 nitrogen and oxygen atoms in total. The summed E-state index contributed by atoms with van der Waals surface area (Å²) in [6.45, 7) is 6.20. The molecule has 0 spiro atoms. The van der Waals surface area contributed by atoms with Crippen molar-refractivity contribution in [2.45, 2.75) is 27.2 Å². The Morgan fingerprint density at radius 2 is 2.00 bits per heavy atom. The molecule has 0 aliphatic heterocycles. The van der Waals surface area contributed by atoms with E-state index in [4.69, 9.17) is 16.3 Å². The number of ether oxygens (including phenoxy) is 1. The summed E-state index contributed by atoms with van der Waals surface area (Å²) in [7, 11) is 0. The van der Waals surface area contributed by atoms with E-state index in [1.165, 1.54) is 0 Å². The Morgan fingerprint density at radius 1 is 1.33 bits per heavy atom. The molecule has 0 aromatic heterocycles. The minimum Gasteiger partial charge on any atom is -0.462 e. The molecule has 0 aliphatic rings. The zero-order valence-corrected chi connectivity index (χ0v) is 10.0. The van der Waals surface area contributed by atoms with Crippen molar-refractivity contribution in [1.82, 2.24) is 0 Å². The molecule has 0 atom stereocenters. The highest BCUT2D eigenvalue weighted by Gasteiger charge is 2.12. The van der Waals surface area contributed by atoms with Gasteiger partial charge in [-0.15, -0.1) is 0 Å². The van der Waals surface area contributed by atoms with Crippen LogP contribution in [0.1, 0.15) is 34.8 Å². The topological polar surface area (TPSA) is 26.3 Å². The summed E-state index contributed by atoms with van der Waals surface area (Å²) in [6, 6.07) is 3.44. The van der Waals surface area contributed by atoms with Crippen molar-refractivity contribution in [2.75, 3.05) is 6.61 Å². The highest BCUT2D eigenvalue weighted by molar-refractivity contribution is 6.31. The van der Waals surface area contributed by atoms with Gasteiger partial charge in [-0.25, -0.2) is 4.79 Å². The molecule has 3 heteroatoms. The van der Waals surface area contributed by atoms with Crippen LogP contribution in [0.4, 0.5) is 0 Å². The number of halogens is 1. The van der Waals surface area contributed by atoms with Crippen LogP contribution >= 0.6 is 11.6 Å². The highest BCUT2D eigenvalue weighted by atomic mass is 35.5. The molecule has 82 valence electrons. The average molecular weight is 227 g/mol. The smallest absolute Gasteiger partial charge is 0.338 e. The number of hydrogen-bond donors (Lipinski definition) is 0. The monoisotopic (exact) mass is 226 g/mol. The maximum atomic E-state index is 11.6. The van der Waals surface area contributed by atoms with Crippen molar-refractivity contribution in [3.05, 3.63) is 33.8 Å². The molecule has 0 saturated carbocycles. The van der Waals surface area contributed by atoms with Crippen LogP contribution in [0.3, 0.4) is 0 Å². The molecule has 0 unspecified atom stereocenters. The first-order chi connectivity index (χ1) is 7.07. The molecule has 1 rings (SSSR count). The van der Waals surface area contributed by atoms with Gasteiger partial charge in [0.15, 0.2) is 0 Å². The molecular formula is C12H15ClO2. The third kappa shape index (κ3) is 2.72. The lowest BCUT2D eigenvalue weighted by Gasteiger charge is -2.09. The number of carbonyl (C=O) groups is 1. The van der Waals surface area contributed by atoms with Gasteiger partial charge in [-0.1, -0.05) is 18.5 Å². The summed E-state index contributed by atoms with van der Waals surface area (Å²) in [6.07, 6.45) is 0.831. The van der Waals surface area contributed by atoms with Crippen molar-refractivity contribution in [3.8, 4) is 0 Å². The Hall–Kier alpha value is -1.02. The van der Waals surface area contributed by atoms with E-state index in [-0.39, 0.29) is 5.97 Å². The van der Waals surface area contributed by atoms with E-state index >= 15 is 0 Å². The minimum absolute atomic E-state index is 0.269. The molecule has 0 bridgehead atoms. The Kier molecular flexibility index (Phi) is 4.15. The van der Waals surface area contributed by atoms with Crippen LogP contribution in [0.25, 0.3) is 0 Å². The van der Waals surface area contributed by atoms with Gasteiger partial charge in [0.2, 0.25) is 0 Å². The van der Waals surface area contributed by atoms with E-state index < -0.39 is 0 Å². The van der Waals surface area contributed by atoms with Crippen LogP contribution in [0.15, 0.2) is 12.1 Å². The molecule has 0 radical (unpaired) electrons. The lowest BCUT2D eigenvalue weighted by molar-refractivity contribution is 0.0504. The number of rotatable bonds is 3. The van der Waals surface area contributed by atoms with Gasteiger partial charge in [-0.2, -0.15) is 0 Å². The van der Waals surface area contributed by atoms with Gasteiger partial charge < -0.3 is 4.74 Å². The Labute approximate surface area is 95.2 Å². The fraction of sp³-hybridized carbons (Fsp3) is 0.417. The second-order valence-electron chi connectivity index (χ2n) is 3.48. The SMILES string of the molecule is CCCOC(=O)c1ccc(Cl)c(C)c1C. The summed E-state index contributed by atoms with van der Waals surface area (Å²) >= 11 is 5.94.